The van der Waals surface area contributed by atoms with E-state index in [0.29, 0.717) is 5.56 Å². The van der Waals surface area contributed by atoms with Crippen LogP contribution in [0.4, 0.5) is 5.82 Å². The van der Waals surface area contributed by atoms with Gasteiger partial charge in [0.25, 0.3) is 0 Å². The third kappa shape index (κ3) is 4.66. The van der Waals surface area contributed by atoms with E-state index < -0.39 is 24.1 Å². The first kappa shape index (κ1) is 18.6. The molecular formula is C17H27N3O4. The Morgan fingerprint density at radius 1 is 1.46 bits per heavy atom. The van der Waals surface area contributed by atoms with Gasteiger partial charge in [0.2, 0.25) is 0 Å². The summed E-state index contributed by atoms with van der Waals surface area (Å²) in [4.78, 5) is 15.9. The number of anilines is 1. The second-order valence-electron chi connectivity index (χ2n) is 6.14. The zero-order valence-electron chi connectivity index (χ0n) is 14.1. The minimum Gasteiger partial charge on any atom is -0.394 e. The molecule has 0 unspecified atom stereocenters. The number of aliphatic hydroxyl groups excluding tert-OH is 2. The van der Waals surface area contributed by atoms with Crippen LogP contribution in [0.25, 0.3) is 6.08 Å². The molecule has 0 aromatic carbocycles. The first-order chi connectivity index (χ1) is 11.6. The molecule has 0 spiro atoms. The molecule has 1 aliphatic rings. The molecule has 0 saturated carbocycles. The molecule has 7 heteroatoms. The van der Waals surface area contributed by atoms with Crippen LogP contribution in [-0.4, -0.2) is 38.6 Å². The van der Waals surface area contributed by atoms with Gasteiger partial charge in [0, 0.05) is 18.2 Å². The Balaban J connectivity index is 2.08. The molecule has 24 heavy (non-hydrogen) atoms. The Hall–Kier alpha value is -1.70. The molecule has 1 fully saturated rings. The fourth-order valence-corrected chi connectivity index (χ4v) is 2.78. The number of unbranched alkanes of at least 4 members (excludes halogenated alkanes) is 4. The minimum atomic E-state index is -0.804. The Kier molecular flexibility index (Phi) is 6.96. The zero-order chi connectivity index (χ0) is 17.5. The number of rotatable bonds is 8. The van der Waals surface area contributed by atoms with Crippen molar-refractivity contribution in [2.75, 3.05) is 12.3 Å². The number of allylic oxidation sites excluding steroid dienone is 1. The third-order valence-electron chi connectivity index (χ3n) is 4.23. The molecular weight excluding hydrogens is 310 g/mol. The largest absolute Gasteiger partial charge is 0.394 e. The molecule has 1 aromatic rings. The second kappa shape index (κ2) is 8.96. The highest BCUT2D eigenvalue weighted by molar-refractivity contribution is 5.59. The van der Waals surface area contributed by atoms with Gasteiger partial charge in [0.1, 0.15) is 18.1 Å². The van der Waals surface area contributed by atoms with Crippen molar-refractivity contribution in [3.8, 4) is 0 Å². The summed E-state index contributed by atoms with van der Waals surface area (Å²) in [6.07, 6.45) is 9.29. The van der Waals surface area contributed by atoms with Crippen LogP contribution >= 0.6 is 0 Å². The first-order valence-corrected chi connectivity index (χ1v) is 8.56. The smallest absolute Gasteiger partial charge is 0.351 e. The summed E-state index contributed by atoms with van der Waals surface area (Å²) in [5, 5.41) is 19.0. The average molecular weight is 337 g/mol. The molecule has 1 aromatic heterocycles. The minimum absolute atomic E-state index is 0.179. The van der Waals surface area contributed by atoms with E-state index in [2.05, 4.69) is 11.9 Å². The molecule has 1 aliphatic heterocycles. The van der Waals surface area contributed by atoms with Crippen LogP contribution < -0.4 is 11.4 Å². The normalized spacial score (nSPS) is 24.0. The summed E-state index contributed by atoms with van der Waals surface area (Å²) >= 11 is 0. The molecule has 3 atom stereocenters. The number of aromatic nitrogens is 2. The average Bonchev–Trinajstić information content (AvgIpc) is 2.93. The topological polar surface area (TPSA) is 111 Å². The first-order valence-electron chi connectivity index (χ1n) is 8.56. The highest BCUT2D eigenvalue weighted by atomic mass is 16.5. The fourth-order valence-electron chi connectivity index (χ4n) is 2.78. The van der Waals surface area contributed by atoms with E-state index in [1.54, 1.807) is 6.20 Å². The van der Waals surface area contributed by atoms with Crippen molar-refractivity contribution in [1.29, 1.82) is 0 Å². The predicted octanol–water partition coefficient (Wildman–Crippen LogP) is 1.45. The lowest BCUT2D eigenvalue weighted by Gasteiger charge is -2.15. The molecule has 0 radical (unpaired) electrons. The number of hydrogen-bond acceptors (Lipinski definition) is 6. The van der Waals surface area contributed by atoms with Crippen LogP contribution in [0.3, 0.4) is 0 Å². The molecule has 134 valence electrons. The summed E-state index contributed by atoms with van der Waals surface area (Å²) in [7, 11) is 0. The van der Waals surface area contributed by atoms with Gasteiger partial charge in [-0.05, 0) is 12.8 Å². The summed E-state index contributed by atoms with van der Waals surface area (Å²) < 4.78 is 6.84. The van der Waals surface area contributed by atoms with E-state index in [0.717, 1.165) is 12.8 Å². The Labute approximate surface area is 141 Å². The van der Waals surface area contributed by atoms with E-state index in [1.165, 1.54) is 23.8 Å². The fraction of sp³-hybridized carbons (Fsp3) is 0.647. The van der Waals surface area contributed by atoms with Crippen LogP contribution in [-0.2, 0) is 4.74 Å². The van der Waals surface area contributed by atoms with E-state index in [-0.39, 0.29) is 18.8 Å². The second-order valence-corrected chi connectivity index (χ2v) is 6.14. The van der Waals surface area contributed by atoms with Crippen molar-refractivity contribution >= 4 is 11.9 Å². The Morgan fingerprint density at radius 3 is 2.92 bits per heavy atom. The Bertz CT molecular complexity index is 614. The molecule has 2 rings (SSSR count). The van der Waals surface area contributed by atoms with Crippen LogP contribution in [0.15, 0.2) is 17.1 Å². The lowest BCUT2D eigenvalue weighted by molar-refractivity contribution is -0.0458. The van der Waals surface area contributed by atoms with Crippen LogP contribution in [0.1, 0.15) is 57.2 Å². The number of ether oxygens (including phenoxy) is 1. The van der Waals surface area contributed by atoms with Crippen molar-refractivity contribution in [2.24, 2.45) is 0 Å². The summed E-state index contributed by atoms with van der Waals surface area (Å²) in [6.45, 7) is 1.88. The van der Waals surface area contributed by atoms with E-state index in [1.807, 2.05) is 12.2 Å². The number of nitrogens with two attached hydrogens (primary N) is 1. The number of nitrogen functional groups attached to an aromatic ring is 1. The van der Waals surface area contributed by atoms with Crippen molar-refractivity contribution in [3.63, 3.8) is 0 Å². The lowest BCUT2D eigenvalue weighted by Crippen LogP contribution is -2.28. The molecule has 1 saturated heterocycles. The quantitative estimate of drug-likeness (QED) is 0.619. The van der Waals surface area contributed by atoms with Gasteiger partial charge in [-0.1, -0.05) is 38.3 Å². The SMILES string of the molecule is CCCCCC/C=C/c1cn([C@H]2C[C@H](O)[C@@H](CO)O2)c(=O)nc1N. The lowest BCUT2D eigenvalue weighted by atomic mass is 10.1. The highest BCUT2D eigenvalue weighted by Gasteiger charge is 2.35. The van der Waals surface area contributed by atoms with E-state index in [4.69, 9.17) is 15.6 Å². The Morgan fingerprint density at radius 2 is 2.25 bits per heavy atom. The maximum Gasteiger partial charge on any atom is 0.351 e. The highest BCUT2D eigenvalue weighted by Crippen LogP contribution is 2.28. The molecule has 0 amide bonds. The van der Waals surface area contributed by atoms with Gasteiger partial charge in [0.15, 0.2) is 0 Å². The van der Waals surface area contributed by atoms with Gasteiger partial charge >= 0.3 is 5.69 Å². The van der Waals surface area contributed by atoms with Gasteiger partial charge in [-0.15, -0.1) is 0 Å². The maximum atomic E-state index is 12.1. The third-order valence-corrected chi connectivity index (χ3v) is 4.23. The van der Waals surface area contributed by atoms with E-state index in [9.17, 15) is 9.90 Å². The number of aliphatic hydroxyl groups is 2. The monoisotopic (exact) mass is 337 g/mol. The van der Waals surface area contributed by atoms with Crippen LogP contribution in [0, 0.1) is 0 Å². The van der Waals surface area contributed by atoms with Crippen LogP contribution in [0.5, 0.6) is 0 Å². The molecule has 0 bridgehead atoms. The van der Waals surface area contributed by atoms with E-state index >= 15 is 0 Å². The van der Waals surface area contributed by atoms with Crippen molar-refractivity contribution in [3.05, 3.63) is 28.3 Å². The number of hydrogen-bond donors (Lipinski definition) is 3. The molecule has 7 nitrogen and oxygen atoms in total. The maximum absolute atomic E-state index is 12.1. The predicted molar refractivity (Wildman–Crippen MR) is 92.3 cm³/mol. The van der Waals surface area contributed by atoms with Gasteiger partial charge in [-0.25, -0.2) is 4.79 Å². The standard InChI is InChI=1S/C17H27N3O4/c1-2-3-4-5-6-7-8-12-10-20(17(23)19-16(12)18)15-9-13(22)14(11-21)24-15/h7-8,10,13-15,21-22H,2-6,9,11H2,1H3,(H2,18,19,23)/b8-7+/t13-,14+,15+/m0/s1. The molecule has 0 aliphatic carbocycles. The number of nitrogens with zero attached hydrogens (tertiary/aromatic N) is 2. The molecule has 2 heterocycles. The summed E-state index contributed by atoms with van der Waals surface area (Å²) in [6, 6.07) is 0. The van der Waals surface area contributed by atoms with Crippen molar-refractivity contribution in [2.45, 2.75) is 63.9 Å². The zero-order valence-corrected chi connectivity index (χ0v) is 14.1. The van der Waals surface area contributed by atoms with Gasteiger partial charge in [0.05, 0.1) is 12.7 Å². The summed E-state index contributed by atoms with van der Waals surface area (Å²) in [5.74, 6) is 0.179. The molecule has 4 N–H and O–H groups in total. The van der Waals surface area contributed by atoms with Crippen molar-refractivity contribution < 1.29 is 14.9 Å². The van der Waals surface area contributed by atoms with Crippen LogP contribution in [0.2, 0.25) is 0 Å². The van der Waals surface area contributed by atoms with Gasteiger partial charge in [-0.2, -0.15) is 4.98 Å². The van der Waals surface area contributed by atoms with Gasteiger partial charge in [-0.3, -0.25) is 4.57 Å². The van der Waals surface area contributed by atoms with Crippen molar-refractivity contribution in [1.82, 2.24) is 9.55 Å². The summed E-state index contributed by atoms with van der Waals surface area (Å²) in [5.41, 5.74) is 5.95. The van der Waals surface area contributed by atoms with Gasteiger partial charge < -0.3 is 20.7 Å².